The molecule has 0 radical (unpaired) electrons. The van der Waals surface area contributed by atoms with Crippen LogP contribution in [0, 0.1) is 0 Å². The quantitative estimate of drug-likeness (QED) is 0.0261. The third-order valence-electron chi connectivity index (χ3n) is 14.5. The molecular weight excluding hydrogens is 973 g/mol. The molecule has 0 aromatic rings. The number of rotatable bonds is 61. The number of carbonyl (C=O) groups is 3. The highest BCUT2D eigenvalue weighted by Gasteiger charge is 2.19. The van der Waals surface area contributed by atoms with E-state index in [9.17, 15) is 14.4 Å². The van der Waals surface area contributed by atoms with Crippen LogP contribution in [-0.4, -0.2) is 37.2 Å². The topological polar surface area (TPSA) is 78.9 Å². The molecule has 0 aliphatic rings. The van der Waals surface area contributed by atoms with E-state index in [-0.39, 0.29) is 31.1 Å². The fraction of sp³-hybridized carbons (Fsp3) is 0.740. The maximum Gasteiger partial charge on any atom is 0.306 e. The Kier molecular flexibility index (Phi) is 63.7. The molecule has 0 amide bonds. The third kappa shape index (κ3) is 65.0. The molecule has 0 rings (SSSR count). The standard InChI is InChI=1S/C73H126O6/c1-4-7-10-13-16-19-22-25-28-30-32-34-35-36-37-39-40-42-45-48-51-54-57-60-63-66-72(75)78-69-70(68-77-71(74)65-62-59-56-53-50-47-44-27-24-21-18-15-12-9-6-3)79-73(76)67-64-61-58-55-52-49-46-43-41-38-33-31-29-26-23-20-17-14-11-8-5-2/h7,10,16,19,23,25-28,31-34,41,43-44,70H,4-6,8-9,11-15,17-18,20-22,24,29-30,35-40,42,45-69H2,1-3H3/b10-7-,19-16-,26-23-,28-25-,33-31-,34-32-,43-41-,44-27-. The molecule has 6 heteroatoms. The second-order valence-electron chi connectivity index (χ2n) is 22.3. The zero-order chi connectivity index (χ0) is 57.1. The van der Waals surface area contributed by atoms with E-state index in [2.05, 4.69) is 118 Å². The predicted octanol–water partition coefficient (Wildman–Crippen LogP) is 23.2. The first-order chi connectivity index (χ1) is 39.0. The summed E-state index contributed by atoms with van der Waals surface area (Å²) >= 11 is 0. The summed E-state index contributed by atoms with van der Waals surface area (Å²) in [5.41, 5.74) is 0. The van der Waals surface area contributed by atoms with E-state index in [0.29, 0.717) is 19.3 Å². The summed E-state index contributed by atoms with van der Waals surface area (Å²) in [5, 5.41) is 0. The third-order valence-corrected chi connectivity index (χ3v) is 14.5. The van der Waals surface area contributed by atoms with Gasteiger partial charge in [-0.25, -0.2) is 0 Å². The molecular formula is C73H126O6. The van der Waals surface area contributed by atoms with E-state index >= 15 is 0 Å². The zero-order valence-corrected chi connectivity index (χ0v) is 52.1. The van der Waals surface area contributed by atoms with Crippen LogP contribution in [0.25, 0.3) is 0 Å². The molecule has 454 valence electrons. The smallest absolute Gasteiger partial charge is 0.306 e. The molecule has 1 atom stereocenters. The van der Waals surface area contributed by atoms with Crippen molar-refractivity contribution in [3.63, 3.8) is 0 Å². The highest BCUT2D eigenvalue weighted by molar-refractivity contribution is 5.71. The SMILES string of the molecule is CC/C=C\C/C=C\C/C=C\C/C=C\CCCCCCCCCCCCCCC(=O)OCC(COC(=O)CCCCCCC/C=C\CCCCCCCC)OC(=O)CCCCCCCC/C=C\C/C=C\C/C=C\CCCCCCC. The van der Waals surface area contributed by atoms with Crippen molar-refractivity contribution in [3.05, 3.63) is 97.2 Å². The molecule has 0 saturated heterocycles. The van der Waals surface area contributed by atoms with Crippen molar-refractivity contribution in [2.24, 2.45) is 0 Å². The van der Waals surface area contributed by atoms with E-state index in [1.165, 1.54) is 173 Å². The molecule has 0 saturated carbocycles. The normalized spacial score (nSPS) is 12.7. The Balaban J connectivity index is 4.37. The summed E-state index contributed by atoms with van der Waals surface area (Å²) < 4.78 is 17.0. The molecule has 0 aromatic carbocycles. The van der Waals surface area contributed by atoms with Crippen LogP contribution in [0.1, 0.15) is 329 Å². The Morgan fingerprint density at radius 2 is 0.494 bits per heavy atom. The van der Waals surface area contributed by atoms with Gasteiger partial charge in [-0.15, -0.1) is 0 Å². The molecule has 79 heavy (non-hydrogen) atoms. The number of esters is 3. The van der Waals surface area contributed by atoms with Gasteiger partial charge in [-0.3, -0.25) is 14.4 Å². The maximum absolute atomic E-state index is 12.9. The Hall–Kier alpha value is -3.67. The summed E-state index contributed by atoms with van der Waals surface area (Å²) in [4.78, 5) is 38.4. The lowest BCUT2D eigenvalue weighted by Gasteiger charge is -2.18. The highest BCUT2D eigenvalue weighted by Crippen LogP contribution is 2.16. The predicted molar refractivity (Wildman–Crippen MR) is 344 cm³/mol. The number of unbranched alkanes of at least 4 members (excludes halogenated alkanes) is 34. The van der Waals surface area contributed by atoms with Gasteiger partial charge in [0.05, 0.1) is 0 Å². The van der Waals surface area contributed by atoms with Crippen molar-refractivity contribution in [2.75, 3.05) is 13.2 Å². The summed E-state index contributed by atoms with van der Waals surface area (Å²) in [5.74, 6) is -0.896. The molecule has 0 bridgehead atoms. The van der Waals surface area contributed by atoms with Gasteiger partial charge in [0.1, 0.15) is 13.2 Å². The van der Waals surface area contributed by atoms with Gasteiger partial charge in [0.2, 0.25) is 0 Å². The summed E-state index contributed by atoms with van der Waals surface area (Å²) in [7, 11) is 0. The van der Waals surface area contributed by atoms with E-state index in [0.717, 1.165) is 116 Å². The van der Waals surface area contributed by atoms with E-state index < -0.39 is 6.10 Å². The Labute approximate surface area is 489 Å². The lowest BCUT2D eigenvalue weighted by atomic mass is 10.0. The first kappa shape index (κ1) is 75.3. The molecule has 0 N–H and O–H groups in total. The number of hydrogen-bond donors (Lipinski definition) is 0. The van der Waals surface area contributed by atoms with Crippen LogP contribution in [0.15, 0.2) is 97.2 Å². The molecule has 0 fully saturated rings. The fourth-order valence-corrected chi connectivity index (χ4v) is 9.50. The Morgan fingerprint density at radius 1 is 0.266 bits per heavy atom. The van der Waals surface area contributed by atoms with Crippen LogP contribution >= 0.6 is 0 Å². The first-order valence-corrected chi connectivity index (χ1v) is 33.7. The summed E-state index contributed by atoms with van der Waals surface area (Å²) in [6.07, 6.45) is 89.8. The first-order valence-electron chi connectivity index (χ1n) is 33.7. The van der Waals surface area contributed by atoms with Gasteiger partial charge in [0.25, 0.3) is 0 Å². The van der Waals surface area contributed by atoms with Gasteiger partial charge in [-0.05, 0) is 122 Å². The van der Waals surface area contributed by atoms with Crippen LogP contribution in [0.3, 0.4) is 0 Å². The van der Waals surface area contributed by atoms with E-state index in [4.69, 9.17) is 14.2 Å². The van der Waals surface area contributed by atoms with Crippen molar-refractivity contribution >= 4 is 17.9 Å². The van der Waals surface area contributed by atoms with Crippen LogP contribution in [0.4, 0.5) is 0 Å². The van der Waals surface area contributed by atoms with Gasteiger partial charge in [-0.1, -0.05) is 285 Å². The van der Waals surface area contributed by atoms with Crippen molar-refractivity contribution in [2.45, 2.75) is 335 Å². The minimum Gasteiger partial charge on any atom is -0.462 e. The fourth-order valence-electron chi connectivity index (χ4n) is 9.50. The molecule has 1 unspecified atom stereocenters. The van der Waals surface area contributed by atoms with Gasteiger partial charge in [-0.2, -0.15) is 0 Å². The zero-order valence-electron chi connectivity index (χ0n) is 52.1. The number of allylic oxidation sites excluding steroid dienone is 16. The van der Waals surface area contributed by atoms with Gasteiger partial charge in [0.15, 0.2) is 6.10 Å². The van der Waals surface area contributed by atoms with Gasteiger partial charge in [0, 0.05) is 19.3 Å². The van der Waals surface area contributed by atoms with Crippen LogP contribution in [-0.2, 0) is 28.6 Å². The highest BCUT2D eigenvalue weighted by atomic mass is 16.6. The molecule has 0 aliphatic heterocycles. The lowest BCUT2D eigenvalue weighted by molar-refractivity contribution is -0.167. The lowest BCUT2D eigenvalue weighted by Crippen LogP contribution is -2.30. The maximum atomic E-state index is 12.9. The molecule has 0 aliphatic carbocycles. The molecule has 6 nitrogen and oxygen atoms in total. The molecule has 0 spiro atoms. The Morgan fingerprint density at radius 3 is 0.785 bits per heavy atom. The Bertz CT molecular complexity index is 1540. The molecule has 0 heterocycles. The minimum absolute atomic E-state index is 0.0854. The van der Waals surface area contributed by atoms with Crippen LogP contribution in [0.5, 0.6) is 0 Å². The average Bonchev–Trinajstić information content (AvgIpc) is 3.45. The van der Waals surface area contributed by atoms with E-state index in [1.54, 1.807) is 0 Å². The second-order valence-corrected chi connectivity index (χ2v) is 22.3. The minimum atomic E-state index is -0.791. The average molecular weight is 1100 g/mol. The summed E-state index contributed by atoms with van der Waals surface area (Å²) in [6, 6.07) is 0. The van der Waals surface area contributed by atoms with Crippen molar-refractivity contribution in [1.82, 2.24) is 0 Å². The van der Waals surface area contributed by atoms with Crippen molar-refractivity contribution in [1.29, 1.82) is 0 Å². The summed E-state index contributed by atoms with van der Waals surface area (Å²) in [6.45, 7) is 6.53. The van der Waals surface area contributed by atoms with Crippen molar-refractivity contribution < 1.29 is 28.6 Å². The monoisotopic (exact) mass is 1100 g/mol. The van der Waals surface area contributed by atoms with Gasteiger partial charge < -0.3 is 14.2 Å². The largest absolute Gasteiger partial charge is 0.462 e. The number of hydrogen-bond acceptors (Lipinski definition) is 6. The van der Waals surface area contributed by atoms with Crippen LogP contribution in [0.2, 0.25) is 0 Å². The number of carbonyl (C=O) groups excluding carboxylic acids is 3. The van der Waals surface area contributed by atoms with E-state index in [1.807, 2.05) is 0 Å². The van der Waals surface area contributed by atoms with Crippen molar-refractivity contribution in [3.8, 4) is 0 Å². The molecule has 0 aromatic heterocycles. The van der Waals surface area contributed by atoms with Crippen LogP contribution < -0.4 is 0 Å². The van der Waals surface area contributed by atoms with Gasteiger partial charge >= 0.3 is 17.9 Å². The number of ether oxygens (including phenoxy) is 3. The second kappa shape index (κ2) is 66.8.